The number of aromatic amines is 1. The molecule has 0 saturated heterocycles. The molecule has 0 aliphatic heterocycles. The third-order valence-electron chi connectivity index (χ3n) is 3.51. The third-order valence-corrected chi connectivity index (χ3v) is 4.34. The monoisotopic (exact) mass is 329 g/mol. The molecule has 0 radical (unpaired) electrons. The van der Waals surface area contributed by atoms with Crippen LogP contribution in [-0.4, -0.2) is 17.0 Å². The van der Waals surface area contributed by atoms with E-state index in [-0.39, 0.29) is 0 Å². The van der Waals surface area contributed by atoms with Gasteiger partial charge in [-0.1, -0.05) is 18.2 Å². The Labute approximate surface area is 126 Å². The van der Waals surface area contributed by atoms with Crippen molar-refractivity contribution in [2.45, 2.75) is 13.5 Å². The van der Waals surface area contributed by atoms with Crippen LogP contribution in [0.5, 0.6) is 0 Å². The van der Waals surface area contributed by atoms with E-state index in [4.69, 9.17) is 0 Å². The highest BCUT2D eigenvalue weighted by Crippen LogP contribution is 2.23. The van der Waals surface area contributed by atoms with Gasteiger partial charge in [-0.05, 0) is 46.1 Å². The summed E-state index contributed by atoms with van der Waals surface area (Å²) < 4.78 is 1.04. The molecule has 0 fully saturated rings. The maximum absolute atomic E-state index is 4.47. The first-order valence-corrected chi connectivity index (χ1v) is 7.33. The fourth-order valence-electron chi connectivity index (χ4n) is 2.33. The normalized spacial score (nSPS) is 10.9. The van der Waals surface area contributed by atoms with Crippen LogP contribution >= 0.6 is 15.9 Å². The number of hydrogen-bond acceptors (Lipinski definition) is 2. The zero-order valence-electron chi connectivity index (χ0n) is 11.5. The molecule has 0 bridgehead atoms. The zero-order chi connectivity index (χ0) is 14.1. The number of hydrogen-bond donors (Lipinski definition) is 1. The summed E-state index contributed by atoms with van der Waals surface area (Å²) in [5.41, 5.74) is 3.65. The molecule has 0 spiro atoms. The van der Waals surface area contributed by atoms with Gasteiger partial charge in [0.05, 0.1) is 0 Å². The van der Waals surface area contributed by atoms with E-state index in [2.05, 4.69) is 75.2 Å². The number of aryl methyl sites for hydroxylation is 1. The molecule has 20 heavy (non-hydrogen) atoms. The first-order valence-electron chi connectivity index (χ1n) is 6.53. The lowest BCUT2D eigenvalue weighted by Crippen LogP contribution is -2.17. The van der Waals surface area contributed by atoms with Gasteiger partial charge in [0.15, 0.2) is 0 Å². The van der Waals surface area contributed by atoms with Crippen molar-refractivity contribution >= 4 is 32.7 Å². The second-order valence-corrected chi connectivity index (χ2v) is 5.86. The molecule has 4 heteroatoms. The summed E-state index contributed by atoms with van der Waals surface area (Å²) >= 11 is 3.49. The molecule has 0 amide bonds. The quantitative estimate of drug-likeness (QED) is 0.778. The first kappa shape index (κ1) is 13.2. The van der Waals surface area contributed by atoms with Crippen molar-refractivity contribution in [3.8, 4) is 0 Å². The minimum absolute atomic E-state index is 0.831. The topological polar surface area (TPSA) is 31.9 Å². The SMILES string of the molecule is Cc1cc(N(C)Cc2c[nH]c3ccccc23)ncc1Br. The molecule has 3 rings (SSSR count). The van der Waals surface area contributed by atoms with Crippen molar-refractivity contribution in [3.63, 3.8) is 0 Å². The van der Waals surface area contributed by atoms with Crippen LogP contribution in [0.25, 0.3) is 10.9 Å². The van der Waals surface area contributed by atoms with Gasteiger partial charge in [0.1, 0.15) is 5.82 Å². The summed E-state index contributed by atoms with van der Waals surface area (Å²) in [5, 5.41) is 1.27. The lowest BCUT2D eigenvalue weighted by Gasteiger charge is -2.18. The Balaban J connectivity index is 1.88. The Morgan fingerprint density at radius 2 is 2.10 bits per heavy atom. The van der Waals surface area contributed by atoms with E-state index in [9.17, 15) is 0 Å². The smallest absolute Gasteiger partial charge is 0.128 e. The number of para-hydroxylation sites is 1. The molecule has 3 aromatic rings. The van der Waals surface area contributed by atoms with Crippen LogP contribution in [0, 0.1) is 6.92 Å². The number of anilines is 1. The fourth-order valence-corrected chi connectivity index (χ4v) is 2.55. The van der Waals surface area contributed by atoms with Crippen LogP contribution in [0.4, 0.5) is 5.82 Å². The van der Waals surface area contributed by atoms with Crippen LogP contribution in [0.1, 0.15) is 11.1 Å². The van der Waals surface area contributed by atoms with Gasteiger partial charge in [0.2, 0.25) is 0 Å². The van der Waals surface area contributed by atoms with Gasteiger partial charge in [-0.2, -0.15) is 0 Å². The molecule has 2 aromatic heterocycles. The highest BCUT2D eigenvalue weighted by molar-refractivity contribution is 9.10. The summed E-state index contributed by atoms with van der Waals surface area (Å²) in [6.45, 7) is 2.91. The van der Waals surface area contributed by atoms with Gasteiger partial charge in [-0.25, -0.2) is 4.98 Å². The Kier molecular flexibility index (Phi) is 3.49. The van der Waals surface area contributed by atoms with E-state index >= 15 is 0 Å². The zero-order valence-corrected chi connectivity index (χ0v) is 13.1. The van der Waals surface area contributed by atoms with Gasteiger partial charge in [-0.3, -0.25) is 0 Å². The molecule has 0 aliphatic rings. The van der Waals surface area contributed by atoms with E-state index in [1.807, 2.05) is 12.3 Å². The number of nitrogens with one attached hydrogen (secondary N) is 1. The maximum atomic E-state index is 4.47. The number of halogens is 1. The summed E-state index contributed by atoms with van der Waals surface area (Å²) in [4.78, 5) is 9.94. The highest BCUT2D eigenvalue weighted by atomic mass is 79.9. The summed E-state index contributed by atoms with van der Waals surface area (Å²) in [6, 6.07) is 10.5. The molecule has 2 heterocycles. The van der Waals surface area contributed by atoms with Crippen molar-refractivity contribution in [3.05, 3.63) is 58.3 Å². The molecule has 0 unspecified atom stereocenters. The average molecular weight is 330 g/mol. The molecular formula is C16H16BrN3. The average Bonchev–Trinajstić information content (AvgIpc) is 2.85. The number of pyridine rings is 1. The van der Waals surface area contributed by atoms with Crippen LogP contribution in [0.15, 0.2) is 47.2 Å². The minimum atomic E-state index is 0.831. The third kappa shape index (κ3) is 2.43. The Hall–Kier alpha value is -1.81. The Bertz CT molecular complexity index is 748. The van der Waals surface area contributed by atoms with E-state index in [0.717, 1.165) is 16.8 Å². The van der Waals surface area contributed by atoms with Gasteiger partial charge in [0.25, 0.3) is 0 Å². The number of benzene rings is 1. The van der Waals surface area contributed by atoms with Crippen LogP contribution in [0.2, 0.25) is 0 Å². The standard InChI is InChI=1S/C16H16BrN3/c1-11-7-16(19-9-14(11)17)20(2)10-12-8-18-15-6-4-3-5-13(12)15/h3-9,18H,10H2,1-2H3. The van der Waals surface area contributed by atoms with E-state index < -0.39 is 0 Å². The molecule has 0 atom stereocenters. The van der Waals surface area contributed by atoms with Crippen molar-refractivity contribution in [1.82, 2.24) is 9.97 Å². The first-order chi connectivity index (χ1) is 9.65. The maximum Gasteiger partial charge on any atom is 0.128 e. The minimum Gasteiger partial charge on any atom is -0.361 e. The molecule has 0 aliphatic carbocycles. The lowest BCUT2D eigenvalue weighted by atomic mass is 10.1. The summed E-state index contributed by atoms with van der Waals surface area (Å²) in [6.07, 6.45) is 3.93. The number of rotatable bonds is 3. The second kappa shape index (κ2) is 5.29. The molecule has 3 nitrogen and oxygen atoms in total. The van der Waals surface area contributed by atoms with Crippen LogP contribution in [0.3, 0.4) is 0 Å². The van der Waals surface area contributed by atoms with E-state index in [0.29, 0.717) is 0 Å². The van der Waals surface area contributed by atoms with Crippen molar-refractivity contribution in [2.75, 3.05) is 11.9 Å². The van der Waals surface area contributed by atoms with Crippen molar-refractivity contribution in [2.24, 2.45) is 0 Å². The number of H-pyrrole nitrogens is 1. The van der Waals surface area contributed by atoms with Gasteiger partial charge < -0.3 is 9.88 Å². The highest BCUT2D eigenvalue weighted by Gasteiger charge is 2.09. The fraction of sp³-hybridized carbons (Fsp3) is 0.188. The Morgan fingerprint density at radius 3 is 2.90 bits per heavy atom. The summed E-state index contributed by atoms with van der Waals surface area (Å²) in [5.74, 6) is 0.982. The van der Waals surface area contributed by atoms with Gasteiger partial charge >= 0.3 is 0 Å². The second-order valence-electron chi connectivity index (χ2n) is 5.01. The molecule has 0 saturated carbocycles. The molecule has 1 aromatic carbocycles. The number of nitrogens with zero attached hydrogens (tertiary/aromatic N) is 2. The molecule has 1 N–H and O–H groups in total. The Morgan fingerprint density at radius 1 is 1.30 bits per heavy atom. The van der Waals surface area contributed by atoms with Crippen molar-refractivity contribution in [1.29, 1.82) is 0 Å². The van der Waals surface area contributed by atoms with Crippen molar-refractivity contribution < 1.29 is 0 Å². The predicted octanol–water partition coefficient (Wildman–Crippen LogP) is 4.27. The molecule has 102 valence electrons. The van der Waals surface area contributed by atoms with Crippen LogP contribution < -0.4 is 4.90 Å². The van der Waals surface area contributed by atoms with Gasteiger partial charge in [0, 0.05) is 41.4 Å². The largest absolute Gasteiger partial charge is 0.361 e. The van der Waals surface area contributed by atoms with Gasteiger partial charge in [-0.15, -0.1) is 0 Å². The number of aromatic nitrogens is 2. The number of fused-ring (bicyclic) bond motifs is 1. The summed E-state index contributed by atoms with van der Waals surface area (Å²) in [7, 11) is 2.07. The molecular weight excluding hydrogens is 314 g/mol. The predicted molar refractivity (Wildman–Crippen MR) is 87.1 cm³/mol. The van der Waals surface area contributed by atoms with E-state index in [1.54, 1.807) is 0 Å². The lowest BCUT2D eigenvalue weighted by molar-refractivity contribution is 0.901. The van der Waals surface area contributed by atoms with Crippen LogP contribution in [-0.2, 0) is 6.54 Å². The van der Waals surface area contributed by atoms with E-state index in [1.165, 1.54) is 22.0 Å².